The molecule has 0 aliphatic carbocycles. The Balaban J connectivity index is -0.000000224. The minimum atomic E-state index is -0.416. The summed E-state index contributed by atoms with van der Waals surface area (Å²) in [5.41, 5.74) is -0.555. The third-order valence-electron chi connectivity index (χ3n) is 2.01. The van der Waals surface area contributed by atoms with Crippen molar-refractivity contribution < 1.29 is 44.3 Å². The Kier molecular flexibility index (Phi) is 11.6. The number of Topliss-reactive ketones (excluding diaryl/α,β-unsaturated/α-hetero) is 1. The second-order valence-electron chi connectivity index (χ2n) is 5.72. The summed E-state index contributed by atoms with van der Waals surface area (Å²) in [4.78, 5) is 21.2. The Morgan fingerprint density at radius 2 is 1.24 bits per heavy atom. The SMILES string of the molecule is CC(=O)C(C)(C)C.CC(C)(C)C(=O)/C=C/[O-].[Na+]. The topological polar surface area (TPSA) is 57.2 Å². The van der Waals surface area contributed by atoms with E-state index in [1.807, 2.05) is 20.8 Å². The molecule has 0 aliphatic rings. The zero-order valence-corrected chi connectivity index (χ0v) is 14.4. The van der Waals surface area contributed by atoms with Crippen LogP contribution in [0.3, 0.4) is 0 Å². The van der Waals surface area contributed by atoms with Gasteiger partial charge in [-0.25, -0.2) is 0 Å². The fourth-order valence-corrected chi connectivity index (χ4v) is 0.312. The summed E-state index contributed by atoms with van der Waals surface area (Å²) in [6.45, 7) is 12.7. The maximum atomic E-state index is 10.8. The third kappa shape index (κ3) is 13.8. The summed E-state index contributed by atoms with van der Waals surface area (Å²) < 4.78 is 0. The second kappa shape index (κ2) is 8.90. The monoisotopic (exact) mass is 250 g/mol. The van der Waals surface area contributed by atoms with Crippen molar-refractivity contribution in [2.75, 3.05) is 0 Å². The van der Waals surface area contributed by atoms with Crippen molar-refractivity contribution in [1.29, 1.82) is 0 Å². The molecule has 0 aromatic carbocycles. The van der Waals surface area contributed by atoms with Crippen molar-refractivity contribution in [2.45, 2.75) is 48.5 Å². The Bertz CT molecular complexity index is 267. The third-order valence-corrected chi connectivity index (χ3v) is 2.01. The molecule has 17 heavy (non-hydrogen) atoms. The molecule has 0 heterocycles. The zero-order valence-electron chi connectivity index (χ0n) is 12.4. The molecule has 0 radical (unpaired) electrons. The van der Waals surface area contributed by atoms with Gasteiger partial charge in [-0.1, -0.05) is 41.5 Å². The van der Waals surface area contributed by atoms with Crippen molar-refractivity contribution in [1.82, 2.24) is 0 Å². The number of hydrogen-bond acceptors (Lipinski definition) is 3. The van der Waals surface area contributed by atoms with E-state index in [9.17, 15) is 14.7 Å². The summed E-state index contributed by atoms with van der Waals surface area (Å²) in [6, 6.07) is 0. The van der Waals surface area contributed by atoms with E-state index < -0.39 is 5.41 Å². The molecule has 4 heteroatoms. The normalized spacial score (nSPS) is 11.2. The van der Waals surface area contributed by atoms with Crippen molar-refractivity contribution in [3.63, 3.8) is 0 Å². The summed E-state index contributed by atoms with van der Waals surface area (Å²) in [5, 5.41) is 9.79. The molecule has 0 spiro atoms. The van der Waals surface area contributed by atoms with Crippen LogP contribution in [0.1, 0.15) is 48.5 Å². The Labute approximate surface area is 127 Å². The zero-order chi connectivity index (χ0) is 13.6. The van der Waals surface area contributed by atoms with E-state index in [0.717, 1.165) is 6.08 Å². The number of ketones is 2. The molecule has 0 aliphatic heterocycles. The van der Waals surface area contributed by atoms with Gasteiger partial charge >= 0.3 is 29.6 Å². The van der Waals surface area contributed by atoms with Crippen LogP contribution >= 0.6 is 0 Å². The van der Waals surface area contributed by atoms with E-state index in [1.54, 1.807) is 27.7 Å². The van der Waals surface area contributed by atoms with Gasteiger partial charge in [0, 0.05) is 10.8 Å². The molecule has 0 atom stereocenters. The van der Waals surface area contributed by atoms with Crippen LogP contribution in [-0.4, -0.2) is 11.6 Å². The molecular formula is C13H23NaO3. The number of carbonyl (C=O) groups is 2. The largest absolute Gasteiger partial charge is 1.00 e. The molecule has 0 rings (SSSR count). The van der Waals surface area contributed by atoms with Gasteiger partial charge in [0.2, 0.25) is 0 Å². The fraction of sp³-hybridized carbons (Fsp3) is 0.692. The summed E-state index contributed by atoms with van der Waals surface area (Å²) >= 11 is 0. The standard InChI is InChI=1S/C7H12O2.C6H12O.Na/c1-7(2,3)6(9)4-5-8;1-5(7)6(2,3)4;/h4-5,8H,1-3H3;1-4H3;/q;;+1/p-1/b5-4+;;. The first-order chi connectivity index (χ1) is 6.92. The Morgan fingerprint density at radius 1 is 0.941 bits per heavy atom. The van der Waals surface area contributed by atoms with Crippen LogP contribution < -0.4 is 34.7 Å². The molecule has 0 unspecified atom stereocenters. The number of hydrogen-bond donors (Lipinski definition) is 0. The van der Waals surface area contributed by atoms with E-state index in [2.05, 4.69) is 0 Å². The average Bonchev–Trinajstić information content (AvgIpc) is 2.02. The van der Waals surface area contributed by atoms with Crippen LogP contribution in [0.15, 0.2) is 12.3 Å². The molecule has 0 N–H and O–H groups in total. The molecule has 0 amide bonds. The summed E-state index contributed by atoms with van der Waals surface area (Å²) in [5.74, 6) is 0.116. The Hall–Kier alpha value is -0.120. The van der Waals surface area contributed by atoms with Crippen LogP contribution in [0, 0.1) is 10.8 Å². The van der Waals surface area contributed by atoms with Crippen LogP contribution in [0.5, 0.6) is 0 Å². The van der Waals surface area contributed by atoms with Gasteiger partial charge in [-0.05, 0) is 13.0 Å². The van der Waals surface area contributed by atoms with Crippen molar-refractivity contribution in [3.8, 4) is 0 Å². The van der Waals surface area contributed by atoms with Crippen LogP contribution in [-0.2, 0) is 9.59 Å². The minimum Gasteiger partial charge on any atom is -0.878 e. The van der Waals surface area contributed by atoms with Gasteiger partial charge in [-0.3, -0.25) is 9.59 Å². The van der Waals surface area contributed by atoms with E-state index in [-0.39, 0.29) is 46.5 Å². The number of rotatable bonds is 1. The van der Waals surface area contributed by atoms with Gasteiger partial charge in [0.1, 0.15) is 5.78 Å². The smallest absolute Gasteiger partial charge is 0.878 e. The summed E-state index contributed by atoms with van der Waals surface area (Å²) in [6.07, 6.45) is 1.58. The number of allylic oxidation sites excluding steroid dienone is 1. The quantitative estimate of drug-likeness (QED) is 0.344. The van der Waals surface area contributed by atoms with Crippen molar-refractivity contribution in [3.05, 3.63) is 12.3 Å². The van der Waals surface area contributed by atoms with Crippen LogP contribution in [0.2, 0.25) is 0 Å². The Morgan fingerprint density at radius 3 is 1.29 bits per heavy atom. The van der Waals surface area contributed by atoms with Gasteiger partial charge in [0.15, 0.2) is 5.78 Å². The molecule has 94 valence electrons. The predicted octanol–water partition coefficient (Wildman–Crippen LogP) is -0.899. The van der Waals surface area contributed by atoms with E-state index in [1.165, 1.54) is 0 Å². The molecular weight excluding hydrogens is 227 g/mol. The molecule has 0 bridgehead atoms. The number of carbonyl (C=O) groups excluding carboxylic acids is 2. The van der Waals surface area contributed by atoms with E-state index in [4.69, 9.17) is 0 Å². The van der Waals surface area contributed by atoms with E-state index in [0.29, 0.717) is 6.26 Å². The molecule has 0 saturated heterocycles. The molecule has 0 saturated carbocycles. The first-order valence-electron chi connectivity index (χ1n) is 5.27. The molecule has 0 fully saturated rings. The van der Waals surface area contributed by atoms with Gasteiger partial charge in [0.05, 0.1) is 0 Å². The van der Waals surface area contributed by atoms with Gasteiger partial charge in [-0.2, -0.15) is 0 Å². The maximum Gasteiger partial charge on any atom is 1.00 e. The van der Waals surface area contributed by atoms with Gasteiger partial charge < -0.3 is 5.11 Å². The van der Waals surface area contributed by atoms with Crippen molar-refractivity contribution in [2.24, 2.45) is 10.8 Å². The maximum absolute atomic E-state index is 10.8. The summed E-state index contributed by atoms with van der Waals surface area (Å²) in [7, 11) is 0. The average molecular weight is 250 g/mol. The molecule has 0 aromatic rings. The fourth-order valence-electron chi connectivity index (χ4n) is 0.312. The van der Waals surface area contributed by atoms with Gasteiger partial charge in [0.25, 0.3) is 0 Å². The first kappa shape index (κ1) is 22.1. The second-order valence-corrected chi connectivity index (χ2v) is 5.72. The predicted molar refractivity (Wildman–Crippen MR) is 63.7 cm³/mol. The molecule has 3 nitrogen and oxygen atoms in total. The van der Waals surface area contributed by atoms with Crippen molar-refractivity contribution >= 4 is 11.6 Å². The first-order valence-corrected chi connectivity index (χ1v) is 5.27. The van der Waals surface area contributed by atoms with E-state index >= 15 is 0 Å². The van der Waals surface area contributed by atoms with Crippen LogP contribution in [0.4, 0.5) is 0 Å². The van der Waals surface area contributed by atoms with Crippen LogP contribution in [0.25, 0.3) is 0 Å². The minimum absolute atomic E-state index is 0. The molecule has 0 aromatic heterocycles. The van der Waals surface area contributed by atoms with Gasteiger partial charge in [-0.15, -0.1) is 6.26 Å².